The molecular weight excluding hydrogens is 287 g/mol. The first-order chi connectivity index (χ1) is 10.9. The van der Waals surface area contributed by atoms with Gasteiger partial charge in [-0.3, -0.25) is 0 Å². The van der Waals surface area contributed by atoms with E-state index < -0.39 is 5.82 Å². The molecule has 0 aromatic heterocycles. The van der Waals surface area contributed by atoms with Gasteiger partial charge in [-0.1, -0.05) is 51.1 Å². The van der Waals surface area contributed by atoms with E-state index in [4.69, 9.17) is 5.26 Å². The van der Waals surface area contributed by atoms with Crippen molar-refractivity contribution in [2.75, 3.05) is 11.4 Å². The number of benzene rings is 2. The second-order valence-corrected chi connectivity index (χ2v) is 6.67. The van der Waals surface area contributed by atoms with E-state index in [1.54, 1.807) is 12.1 Å². The van der Waals surface area contributed by atoms with Crippen LogP contribution in [0.15, 0.2) is 42.5 Å². The normalized spacial score (nSPS) is 11.1. The third-order valence-electron chi connectivity index (χ3n) is 3.99. The van der Waals surface area contributed by atoms with Gasteiger partial charge < -0.3 is 4.90 Å². The van der Waals surface area contributed by atoms with Crippen LogP contribution in [0.25, 0.3) is 0 Å². The molecule has 0 N–H and O–H groups in total. The molecule has 3 heteroatoms. The number of para-hydroxylation sites is 1. The Bertz CT molecular complexity index is 723. The van der Waals surface area contributed by atoms with Gasteiger partial charge in [-0.05, 0) is 30.0 Å². The molecule has 0 saturated carbocycles. The van der Waals surface area contributed by atoms with Crippen LogP contribution < -0.4 is 4.90 Å². The zero-order valence-electron chi connectivity index (χ0n) is 14.2. The van der Waals surface area contributed by atoms with Crippen molar-refractivity contribution in [3.63, 3.8) is 0 Å². The molecular formula is C20H23FN2. The molecule has 0 atom stereocenters. The van der Waals surface area contributed by atoms with Crippen LogP contribution in [0, 0.1) is 17.1 Å². The van der Waals surface area contributed by atoms with Gasteiger partial charge in [0.25, 0.3) is 0 Å². The largest absolute Gasteiger partial charge is 0.367 e. The van der Waals surface area contributed by atoms with Crippen molar-refractivity contribution in [2.45, 2.75) is 39.7 Å². The lowest BCUT2D eigenvalue weighted by Crippen LogP contribution is -2.26. The van der Waals surface area contributed by atoms with Crippen LogP contribution in [0.1, 0.15) is 44.4 Å². The molecule has 2 aromatic carbocycles. The molecule has 120 valence electrons. The summed E-state index contributed by atoms with van der Waals surface area (Å²) in [5.41, 5.74) is 3.01. The SMILES string of the molecule is CCN(Cc1cccc(C#N)c1F)c1ccccc1C(C)(C)C. The summed E-state index contributed by atoms with van der Waals surface area (Å²) in [5, 5.41) is 9.00. The van der Waals surface area contributed by atoms with E-state index in [-0.39, 0.29) is 11.0 Å². The summed E-state index contributed by atoms with van der Waals surface area (Å²) in [6.07, 6.45) is 0. The second kappa shape index (κ2) is 6.83. The standard InChI is InChI=1S/C20H23FN2/c1-5-23(14-16-10-8-9-15(13-22)19(16)21)18-12-7-6-11-17(18)20(2,3)4/h6-12H,5,14H2,1-4H3. The van der Waals surface area contributed by atoms with Crippen molar-refractivity contribution in [2.24, 2.45) is 0 Å². The first kappa shape index (κ1) is 17.0. The number of rotatable bonds is 4. The van der Waals surface area contributed by atoms with Gasteiger partial charge in [-0.2, -0.15) is 5.26 Å². The molecule has 0 spiro atoms. The smallest absolute Gasteiger partial charge is 0.145 e. The number of nitriles is 1. The van der Waals surface area contributed by atoms with E-state index in [1.165, 1.54) is 11.6 Å². The van der Waals surface area contributed by atoms with Gasteiger partial charge in [0.15, 0.2) is 0 Å². The van der Waals surface area contributed by atoms with E-state index in [0.29, 0.717) is 12.1 Å². The predicted octanol–water partition coefficient (Wildman–Crippen LogP) is 5.02. The Hall–Kier alpha value is -2.34. The molecule has 23 heavy (non-hydrogen) atoms. The van der Waals surface area contributed by atoms with Gasteiger partial charge in [-0.25, -0.2) is 4.39 Å². The van der Waals surface area contributed by atoms with Gasteiger partial charge >= 0.3 is 0 Å². The van der Waals surface area contributed by atoms with Crippen LogP contribution in [0.2, 0.25) is 0 Å². The van der Waals surface area contributed by atoms with Crippen LogP contribution in [0.4, 0.5) is 10.1 Å². The minimum Gasteiger partial charge on any atom is -0.367 e. The summed E-state index contributed by atoms with van der Waals surface area (Å²) >= 11 is 0. The monoisotopic (exact) mass is 310 g/mol. The summed E-state index contributed by atoms with van der Waals surface area (Å²) in [4.78, 5) is 2.15. The minimum absolute atomic E-state index is 0.0110. The number of nitrogens with zero attached hydrogens (tertiary/aromatic N) is 2. The fourth-order valence-electron chi connectivity index (χ4n) is 2.74. The highest BCUT2D eigenvalue weighted by Crippen LogP contribution is 2.32. The van der Waals surface area contributed by atoms with Crippen molar-refractivity contribution in [3.05, 3.63) is 65.0 Å². The topological polar surface area (TPSA) is 27.0 Å². The van der Waals surface area contributed by atoms with Gasteiger partial charge in [0.05, 0.1) is 5.56 Å². The van der Waals surface area contributed by atoms with Crippen LogP contribution in [0.5, 0.6) is 0 Å². The van der Waals surface area contributed by atoms with E-state index in [0.717, 1.165) is 12.2 Å². The molecule has 2 aromatic rings. The predicted molar refractivity (Wildman–Crippen MR) is 93.0 cm³/mol. The van der Waals surface area contributed by atoms with Crippen molar-refractivity contribution in [1.29, 1.82) is 5.26 Å². The second-order valence-electron chi connectivity index (χ2n) is 6.67. The molecule has 0 aliphatic heterocycles. The van der Waals surface area contributed by atoms with Gasteiger partial charge in [0.1, 0.15) is 11.9 Å². The Morgan fingerprint density at radius 3 is 2.39 bits per heavy atom. The van der Waals surface area contributed by atoms with E-state index in [9.17, 15) is 4.39 Å². The van der Waals surface area contributed by atoms with Gasteiger partial charge in [-0.15, -0.1) is 0 Å². The molecule has 0 unspecified atom stereocenters. The van der Waals surface area contributed by atoms with Crippen LogP contribution in [-0.4, -0.2) is 6.54 Å². The highest BCUT2D eigenvalue weighted by molar-refractivity contribution is 5.57. The maximum absolute atomic E-state index is 14.4. The molecule has 0 radical (unpaired) electrons. The maximum Gasteiger partial charge on any atom is 0.145 e. The highest BCUT2D eigenvalue weighted by atomic mass is 19.1. The third kappa shape index (κ3) is 3.71. The zero-order valence-corrected chi connectivity index (χ0v) is 14.2. The van der Waals surface area contributed by atoms with E-state index >= 15 is 0 Å². The summed E-state index contributed by atoms with van der Waals surface area (Å²) in [6.45, 7) is 9.81. The van der Waals surface area contributed by atoms with Crippen molar-refractivity contribution < 1.29 is 4.39 Å². The lowest BCUT2D eigenvalue weighted by atomic mass is 9.85. The average molecular weight is 310 g/mol. The summed E-state index contributed by atoms with van der Waals surface area (Å²) in [5.74, 6) is -0.415. The van der Waals surface area contributed by atoms with Crippen LogP contribution in [0.3, 0.4) is 0 Å². The molecule has 0 amide bonds. The fourth-order valence-corrected chi connectivity index (χ4v) is 2.74. The first-order valence-electron chi connectivity index (χ1n) is 7.90. The Labute approximate surface area is 138 Å². The van der Waals surface area contributed by atoms with Crippen molar-refractivity contribution in [1.82, 2.24) is 0 Å². The molecule has 2 rings (SSSR count). The summed E-state index contributed by atoms with van der Waals surface area (Å²) in [6, 6.07) is 15.2. The summed E-state index contributed by atoms with van der Waals surface area (Å²) < 4.78 is 14.4. The Morgan fingerprint density at radius 2 is 1.78 bits per heavy atom. The summed E-state index contributed by atoms with van der Waals surface area (Å²) in [7, 11) is 0. The van der Waals surface area contributed by atoms with Crippen LogP contribution in [-0.2, 0) is 12.0 Å². The lowest BCUT2D eigenvalue weighted by molar-refractivity contribution is 0.582. The number of hydrogen-bond acceptors (Lipinski definition) is 2. The molecule has 2 nitrogen and oxygen atoms in total. The molecule has 0 fully saturated rings. The van der Waals surface area contributed by atoms with E-state index in [2.05, 4.69) is 44.7 Å². The Kier molecular flexibility index (Phi) is 5.05. The molecule has 0 heterocycles. The molecule has 0 bridgehead atoms. The first-order valence-corrected chi connectivity index (χ1v) is 7.90. The molecule has 0 aliphatic carbocycles. The number of anilines is 1. The lowest BCUT2D eigenvalue weighted by Gasteiger charge is -2.31. The molecule has 0 aliphatic rings. The van der Waals surface area contributed by atoms with Crippen molar-refractivity contribution in [3.8, 4) is 6.07 Å². The molecule has 0 saturated heterocycles. The Balaban J connectivity index is 2.42. The van der Waals surface area contributed by atoms with E-state index in [1.807, 2.05) is 18.2 Å². The van der Waals surface area contributed by atoms with Gasteiger partial charge in [0, 0.05) is 24.3 Å². The van der Waals surface area contributed by atoms with Gasteiger partial charge in [0.2, 0.25) is 0 Å². The Morgan fingerprint density at radius 1 is 1.09 bits per heavy atom. The zero-order chi connectivity index (χ0) is 17.0. The van der Waals surface area contributed by atoms with Crippen LogP contribution >= 0.6 is 0 Å². The highest BCUT2D eigenvalue weighted by Gasteiger charge is 2.21. The minimum atomic E-state index is -0.415. The average Bonchev–Trinajstić information content (AvgIpc) is 2.53. The maximum atomic E-state index is 14.4. The quantitative estimate of drug-likeness (QED) is 0.792. The number of halogens is 1. The number of hydrogen-bond donors (Lipinski definition) is 0. The third-order valence-corrected chi connectivity index (χ3v) is 3.99. The van der Waals surface area contributed by atoms with Crippen molar-refractivity contribution >= 4 is 5.69 Å². The fraction of sp³-hybridized carbons (Fsp3) is 0.350.